The molecule has 0 aliphatic rings. The number of halogens is 4. The first-order chi connectivity index (χ1) is 8.69. The van der Waals surface area contributed by atoms with Gasteiger partial charge in [0.1, 0.15) is 0 Å². The van der Waals surface area contributed by atoms with E-state index >= 15 is 0 Å². The summed E-state index contributed by atoms with van der Waals surface area (Å²) in [6.07, 6.45) is -2.27. The zero-order valence-corrected chi connectivity index (χ0v) is 11.6. The molecule has 0 aliphatic heterocycles. The summed E-state index contributed by atoms with van der Waals surface area (Å²) in [5, 5.41) is -0.0203. The predicted molar refractivity (Wildman–Crippen MR) is 69.5 cm³/mol. The largest absolute Gasteiger partial charge is 0.573 e. The third-order valence-electron chi connectivity index (χ3n) is 2.63. The zero-order valence-electron chi connectivity index (χ0n) is 10.9. The van der Waals surface area contributed by atoms with Crippen LogP contribution >= 0.6 is 11.6 Å². The van der Waals surface area contributed by atoms with Crippen molar-refractivity contribution in [1.29, 1.82) is 0 Å². The van der Waals surface area contributed by atoms with Crippen LogP contribution in [0.5, 0.6) is 5.75 Å². The highest BCUT2D eigenvalue weighted by atomic mass is 35.5. The fourth-order valence-electron chi connectivity index (χ4n) is 1.82. The van der Waals surface area contributed by atoms with Gasteiger partial charge < -0.3 is 10.5 Å². The van der Waals surface area contributed by atoms with E-state index < -0.39 is 6.36 Å². The van der Waals surface area contributed by atoms with Crippen molar-refractivity contribution < 1.29 is 17.9 Å². The van der Waals surface area contributed by atoms with E-state index in [1.54, 1.807) is 13.0 Å². The molecule has 0 aromatic heterocycles. The van der Waals surface area contributed by atoms with Crippen molar-refractivity contribution in [2.45, 2.75) is 45.5 Å². The van der Waals surface area contributed by atoms with Crippen LogP contribution in [-0.2, 0) is 6.42 Å². The molecular weight excluding hydrogens is 279 g/mol. The number of benzene rings is 1. The molecule has 0 aliphatic carbocycles. The maximum atomic E-state index is 12.2. The maximum Gasteiger partial charge on any atom is 0.573 e. The molecule has 0 unspecified atom stereocenters. The van der Waals surface area contributed by atoms with Gasteiger partial charge in [0.05, 0.1) is 5.02 Å². The van der Waals surface area contributed by atoms with Crippen molar-refractivity contribution in [1.82, 2.24) is 0 Å². The number of hydrogen-bond donors (Lipinski definition) is 1. The highest BCUT2D eigenvalue weighted by Gasteiger charge is 2.32. The SMILES string of the molecule is Cc1cc(CCC[C@H](C)N)cc(Cl)c1OC(F)(F)F. The highest BCUT2D eigenvalue weighted by Crippen LogP contribution is 2.34. The molecule has 2 N–H and O–H groups in total. The van der Waals surface area contributed by atoms with Gasteiger partial charge in [-0.1, -0.05) is 17.7 Å². The third kappa shape index (κ3) is 5.70. The minimum atomic E-state index is -4.73. The van der Waals surface area contributed by atoms with Crippen molar-refractivity contribution in [3.63, 3.8) is 0 Å². The minimum Gasteiger partial charge on any atom is -0.404 e. The summed E-state index contributed by atoms with van der Waals surface area (Å²) in [5.74, 6) is -0.329. The molecule has 1 rings (SSSR count). The first-order valence-corrected chi connectivity index (χ1v) is 6.37. The van der Waals surface area contributed by atoms with E-state index in [0.717, 1.165) is 24.8 Å². The van der Waals surface area contributed by atoms with Crippen LogP contribution in [-0.4, -0.2) is 12.4 Å². The Hall–Kier alpha value is -0.940. The van der Waals surface area contributed by atoms with Crippen molar-refractivity contribution in [2.75, 3.05) is 0 Å². The Bertz CT molecular complexity index is 409. The molecular formula is C13H17ClF3NO. The molecule has 2 nitrogen and oxygen atoms in total. The van der Waals surface area contributed by atoms with Crippen LogP contribution in [0.15, 0.2) is 12.1 Å². The monoisotopic (exact) mass is 295 g/mol. The summed E-state index contributed by atoms with van der Waals surface area (Å²) in [7, 11) is 0. The molecule has 0 saturated carbocycles. The Morgan fingerprint density at radius 2 is 2.00 bits per heavy atom. The molecule has 19 heavy (non-hydrogen) atoms. The minimum absolute atomic E-state index is 0.0203. The lowest BCUT2D eigenvalue weighted by molar-refractivity contribution is -0.274. The number of hydrogen-bond acceptors (Lipinski definition) is 2. The number of alkyl halides is 3. The van der Waals surface area contributed by atoms with Crippen LogP contribution in [0.1, 0.15) is 30.9 Å². The standard InChI is InChI=1S/C13H17ClF3NO/c1-8-6-10(5-3-4-9(2)18)7-11(14)12(8)19-13(15,16)17/h6-7,9H,3-5,18H2,1-2H3/t9-/m0/s1. The Kier molecular flexibility index (Phi) is 5.50. The molecule has 0 fully saturated rings. The summed E-state index contributed by atoms with van der Waals surface area (Å²) >= 11 is 5.83. The number of ether oxygens (including phenoxy) is 1. The molecule has 0 bridgehead atoms. The Morgan fingerprint density at radius 3 is 2.47 bits per heavy atom. The normalized spacial score (nSPS) is 13.4. The van der Waals surface area contributed by atoms with Gasteiger partial charge in [-0.3, -0.25) is 0 Å². The summed E-state index contributed by atoms with van der Waals surface area (Å²) in [4.78, 5) is 0. The Morgan fingerprint density at radius 1 is 1.37 bits per heavy atom. The lowest BCUT2D eigenvalue weighted by Crippen LogP contribution is -2.18. The van der Waals surface area contributed by atoms with Crippen LogP contribution in [0, 0.1) is 6.92 Å². The quantitative estimate of drug-likeness (QED) is 0.883. The average Bonchev–Trinajstić information content (AvgIpc) is 2.21. The fraction of sp³-hybridized carbons (Fsp3) is 0.538. The van der Waals surface area contributed by atoms with Crippen LogP contribution < -0.4 is 10.5 Å². The van der Waals surface area contributed by atoms with Crippen LogP contribution in [0.3, 0.4) is 0 Å². The van der Waals surface area contributed by atoms with Gasteiger partial charge in [-0.15, -0.1) is 13.2 Å². The van der Waals surface area contributed by atoms with E-state index in [2.05, 4.69) is 4.74 Å². The lowest BCUT2D eigenvalue weighted by Gasteiger charge is -2.14. The smallest absolute Gasteiger partial charge is 0.404 e. The van der Waals surface area contributed by atoms with E-state index in [0.29, 0.717) is 5.56 Å². The molecule has 1 aromatic rings. The second-order valence-corrected chi connectivity index (χ2v) is 5.05. The molecule has 0 spiro atoms. The van der Waals surface area contributed by atoms with Crippen LogP contribution in [0.25, 0.3) is 0 Å². The molecule has 1 atom stereocenters. The Labute approximate surface area is 115 Å². The van der Waals surface area contributed by atoms with E-state index in [4.69, 9.17) is 17.3 Å². The second-order valence-electron chi connectivity index (χ2n) is 4.64. The van der Waals surface area contributed by atoms with Gasteiger partial charge in [-0.2, -0.15) is 0 Å². The summed E-state index contributed by atoms with van der Waals surface area (Å²) < 4.78 is 40.5. The van der Waals surface area contributed by atoms with Gasteiger partial charge in [0.25, 0.3) is 0 Å². The van der Waals surface area contributed by atoms with Crippen molar-refractivity contribution in [3.05, 3.63) is 28.3 Å². The molecule has 6 heteroatoms. The summed E-state index contributed by atoms with van der Waals surface area (Å²) in [5.41, 5.74) is 6.90. The zero-order chi connectivity index (χ0) is 14.6. The Balaban J connectivity index is 2.79. The molecule has 0 saturated heterocycles. The lowest BCUT2D eigenvalue weighted by atomic mass is 10.0. The van der Waals surface area contributed by atoms with Gasteiger partial charge in [0.15, 0.2) is 5.75 Å². The predicted octanol–water partition coefficient (Wildman–Crippen LogP) is 4.22. The highest BCUT2D eigenvalue weighted by molar-refractivity contribution is 6.32. The summed E-state index contributed by atoms with van der Waals surface area (Å²) in [6, 6.07) is 3.29. The van der Waals surface area contributed by atoms with Crippen molar-refractivity contribution in [2.24, 2.45) is 5.73 Å². The van der Waals surface area contributed by atoms with Crippen molar-refractivity contribution >= 4 is 11.6 Å². The van der Waals surface area contributed by atoms with Gasteiger partial charge in [0.2, 0.25) is 0 Å². The van der Waals surface area contributed by atoms with E-state index in [9.17, 15) is 13.2 Å². The third-order valence-corrected chi connectivity index (χ3v) is 2.91. The molecule has 0 amide bonds. The van der Waals surface area contributed by atoms with E-state index in [-0.39, 0.29) is 16.8 Å². The van der Waals surface area contributed by atoms with Crippen molar-refractivity contribution in [3.8, 4) is 5.75 Å². The molecule has 108 valence electrons. The first kappa shape index (κ1) is 16.1. The number of aryl methyl sites for hydroxylation is 2. The van der Waals surface area contributed by atoms with Crippen LogP contribution in [0.2, 0.25) is 5.02 Å². The molecule has 0 radical (unpaired) electrons. The fourth-order valence-corrected chi connectivity index (χ4v) is 2.15. The van der Waals surface area contributed by atoms with Gasteiger partial charge in [0, 0.05) is 6.04 Å². The summed E-state index contributed by atoms with van der Waals surface area (Å²) in [6.45, 7) is 3.46. The van der Waals surface area contributed by atoms with Gasteiger partial charge >= 0.3 is 6.36 Å². The van der Waals surface area contributed by atoms with Gasteiger partial charge in [-0.25, -0.2) is 0 Å². The maximum absolute atomic E-state index is 12.2. The van der Waals surface area contributed by atoms with Crippen LogP contribution in [0.4, 0.5) is 13.2 Å². The van der Waals surface area contributed by atoms with E-state index in [1.807, 2.05) is 6.92 Å². The first-order valence-electron chi connectivity index (χ1n) is 5.99. The average molecular weight is 296 g/mol. The molecule has 0 heterocycles. The van der Waals surface area contributed by atoms with E-state index in [1.165, 1.54) is 6.07 Å². The second kappa shape index (κ2) is 6.48. The number of rotatable bonds is 5. The topological polar surface area (TPSA) is 35.2 Å². The number of nitrogens with two attached hydrogens (primary N) is 1. The molecule has 1 aromatic carbocycles. The van der Waals surface area contributed by atoms with Gasteiger partial charge in [-0.05, 0) is 50.3 Å².